The molecule has 4 nitrogen and oxygen atoms in total. The molecule has 0 fully saturated rings. The average Bonchev–Trinajstić information content (AvgIpc) is 2.66. The van der Waals surface area contributed by atoms with Gasteiger partial charge in [-0.1, -0.05) is 50.2 Å². The Kier molecular flexibility index (Phi) is 6.32. The van der Waals surface area contributed by atoms with Crippen molar-refractivity contribution in [2.24, 2.45) is 5.92 Å². The Labute approximate surface area is 168 Å². The minimum atomic E-state index is -0.585. The van der Waals surface area contributed by atoms with Crippen molar-refractivity contribution in [1.29, 1.82) is 0 Å². The predicted octanol–water partition coefficient (Wildman–Crippen LogP) is 4.40. The molecule has 1 aliphatic rings. The summed E-state index contributed by atoms with van der Waals surface area (Å²) in [5.41, 5.74) is 3.02. The van der Waals surface area contributed by atoms with Crippen molar-refractivity contribution in [2.75, 3.05) is 0 Å². The van der Waals surface area contributed by atoms with Gasteiger partial charge in [-0.15, -0.1) is 0 Å². The summed E-state index contributed by atoms with van der Waals surface area (Å²) in [6, 6.07) is 14.9. The van der Waals surface area contributed by atoms with Crippen LogP contribution in [0.25, 0.3) is 0 Å². The van der Waals surface area contributed by atoms with Gasteiger partial charge in [-0.25, -0.2) is 0 Å². The highest BCUT2D eigenvalue weighted by atomic mass is 79.9. The van der Waals surface area contributed by atoms with Crippen molar-refractivity contribution >= 4 is 27.7 Å². The number of carbonyl (C=O) groups is 2. The molecule has 2 aromatic carbocycles. The highest BCUT2D eigenvalue weighted by Gasteiger charge is 2.29. The standard InChI is InChI=1S/C22H25BrN2O2/c1-14(2)20(25-21(26)17-11-5-6-12-18(17)23)22(27)24-19-13-7-9-15-8-3-4-10-16(15)19/h3-6,8,10-12,14,19-20H,7,9,13H2,1-2H3,(H,24,27)(H,25,26)/t19-,20-/m1/s1. The van der Waals surface area contributed by atoms with Gasteiger partial charge in [0.1, 0.15) is 6.04 Å². The molecule has 2 aromatic rings. The zero-order chi connectivity index (χ0) is 19.4. The molecule has 0 bridgehead atoms. The number of rotatable bonds is 5. The van der Waals surface area contributed by atoms with Gasteiger partial charge in [-0.05, 0) is 64.4 Å². The van der Waals surface area contributed by atoms with Crippen molar-refractivity contribution < 1.29 is 9.59 Å². The van der Waals surface area contributed by atoms with Gasteiger partial charge >= 0.3 is 0 Å². The first kappa shape index (κ1) is 19.6. The number of fused-ring (bicyclic) bond motifs is 1. The minimum Gasteiger partial charge on any atom is -0.347 e. The summed E-state index contributed by atoms with van der Waals surface area (Å²) in [5.74, 6) is -0.400. The maximum absolute atomic E-state index is 13.0. The second-order valence-corrected chi connectivity index (χ2v) is 8.18. The van der Waals surface area contributed by atoms with Gasteiger partial charge in [-0.2, -0.15) is 0 Å². The van der Waals surface area contributed by atoms with Gasteiger partial charge in [-0.3, -0.25) is 9.59 Å². The summed E-state index contributed by atoms with van der Waals surface area (Å²) in [6.45, 7) is 3.89. The van der Waals surface area contributed by atoms with Gasteiger partial charge in [0.2, 0.25) is 5.91 Å². The van der Waals surface area contributed by atoms with Crippen molar-refractivity contribution in [3.05, 3.63) is 69.7 Å². The molecule has 2 amide bonds. The van der Waals surface area contributed by atoms with Crippen LogP contribution in [0.15, 0.2) is 53.0 Å². The number of amides is 2. The van der Waals surface area contributed by atoms with Crippen LogP contribution < -0.4 is 10.6 Å². The first-order valence-corrected chi connectivity index (χ1v) is 10.2. The fourth-order valence-corrected chi connectivity index (χ4v) is 4.03. The number of aryl methyl sites for hydroxylation is 1. The van der Waals surface area contributed by atoms with Crippen LogP contribution >= 0.6 is 15.9 Å². The van der Waals surface area contributed by atoms with E-state index in [4.69, 9.17) is 0 Å². The molecule has 0 aliphatic heterocycles. The van der Waals surface area contributed by atoms with E-state index in [-0.39, 0.29) is 23.8 Å². The summed E-state index contributed by atoms with van der Waals surface area (Å²) in [4.78, 5) is 25.6. The first-order chi connectivity index (χ1) is 13.0. The van der Waals surface area contributed by atoms with Gasteiger partial charge in [0, 0.05) is 4.47 Å². The van der Waals surface area contributed by atoms with Crippen molar-refractivity contribution in [3.8, 4) is 0 Å². The van der Waals surface area contributed by atoms with Crippen LogP contribution in [0.5, 0.6) is 0 Å². The summed E-state index contributed by atoms with van der Waals surface area (Å²) < 4.78 is 0.714. The monoisotopic (exact) mass is 428 g/mol. The van der Waals surface area contributed by atoms with Gasteiger partial charge in [0.15, 0.2) is 0 Å². The molecular formula is C22H25BrN2O2. The molecule has 0 aromatic heterocycles. The van der Waals surface area contributed by atoms with E-state index < -0.39 is 6.04 Å². The van der Waals surface area contributed by atoms with Gasteiger partial charge < -0.3 is 10.6 Å². The Bertz CT molecular complexity index is 835. The molecular weight excluding hydrogens is 404 g/mol. The Morgan fingerprint density at radius 1 is 1.07 bits per heavy atom. The molecule has 0 heterocycles. The van der Waals surface area contributed by atoms with E-state index in [1.54, 1.807) is 6.07 Å². The number of halogens is 1. The third-order valence-corrected chi connectivity index (χ3v) is 5.73. The normalized spacial score (nSPS) is 17.1. The molecule has 2 atom stereocenters. The quantitative estimate of drug-likeness (QED) is 0.741. The molecule has 0 spiro atoms. The zero-order valence-corrected chi connectivity index (χ0v) is 17.3. The molecule has 142 valence electrons. The summed E-state index contributed by atoms with van der Waals surface area (Å²) >= 11 is 3.40. The van der Waals surface area contributed by atoms with Crippen LogP contribution in [0.2, 0.25) is 0 Å². The van der Waals surface area contributed by atoms with Crippen LogP contribution in [-0.4, -0.2) is 17.9 Å². The number of hydrogen-bond donors (Lipinski definition) is 2. The topological polar surface area (TPSA) is 58.2 Å². The zero-order valence-electron chi connectivity index (χ0n) is 15.7. The number of nitrogens with one attached hydrogen (secondary N) is 2. The van der Waals surface area contributed by atoms with Crippen LogP contribution in [-0.2, 0) is 11.2 Å². The minimum absolute atomic E-state index is 0.00376. The largest absolute Gasteiger partial charge is 0.347 e. The van der Waals surface area contributed by atoms with E-state index in [1.807, 2.05) is 44.2 Å². The lowest BCUT2D eigenvalue weighted by atomic mass is 9.87. The van der Waals surface area contributed by atoms with Crippen LogP contribution in [0.3, 0.4) is 0 Å². The highest BCUT2D eigenvalue weighted by Crippen LogP contribution is 2.29. The maximum atomic E-state index is 13.0. The lowest BCUT2D eigenvalue weighted by Crippen LogP contribution is -2.50. The van der Waals surface area contributed by atoms with E-state index >= 15 is 0 Å². The van der Waals surface area contributed by atoms with E-state index in [0.29, 0.717) is 10.0 Å². The lowest BCUT2D eigenvalue weighted by Gasteiger charge is -2.29. The summed E-state index contributed by atoms with van der Waals surface area (Å²) in [6.07, 6.45) is 3.03. The molecule has 0 saturated carbocycles. The van der Waals surface area contributed by atoms with Gasteiger partial charge in [0.05, 0.1) is 11.6 Å². The van der Waals surface area contributed by atoms with Crippen LogP contribution in [0, 0.1) is 5.92 Å². The lowest BCUT2D eigenvalue weighted by molar-refractivity contribution is -0.124. The molecule has 0 saturated heterocycles. The van der Waals surface area contributed by atoms with Crippen molar-refractivity contribution in [2.45, 2.75) is 45.2 Å². The maximum Gasteiger partial charge on any atom is 0.253 e. The van der Waals surface area contributed by atoms with Gasteiger partial charge in [0.25, 0.3) is 5.91 Å². The Morgan fingerprint density at radius 2 is 1.78 bits per heavy atom. The molecule has 0 unspecified atom stereocenters. The number of hydrogen-bond acceptors (Lipinski definition) is 2. The number of carbonyl (C=O) groups excluding carboxylic acids is 2. The SMILES string of the molecule is CC(C)[C@@H](NC(=O)c1ccccc1Br)C(=O)N[C@@H]1CCCc2ccccc21. The molecule has 5 heteroatoms. The molecule has 1 aliphatic carbocycles. The molecule has 2 N–H and O–H groups in total. The van der Waals surface area contributed by atoms with Crippen molar-refractivity contribution in [3.63, 3.8) is 0 Å². The summed E-state index contributed by atoms with van der Waals surface area (Å²) in [7, 11) is 0. The summed E-state index contributed by atoms with van der Waals surface area (Å²) in [5, 5.41) is 6.07. The average molecular weight is 429 g/mol. The van der Waals surface area contributed by atoms with E-state index in [9.17, 15) is 9.59 Å². The van der Waals surface area contributed by atoms with E-state index in [0.717, 1.165) is 19.3 Å². The number of benzene rings is 2. The van der Waals surface area contributed by atoms with Crippen molar-refractivity contribution in [1.82, 2.24) is 10.6 Å². The second kappa shape index (κ2) is 8.70. The third-order valence-electron chi connectivity index (χ3n) is 5.04. The molecule has 0 radical (unpaired) electrons. The smallest absolute Gasteiger partial charge is 0.253 e. The van der Waals surface area contributed by atoms with E-state index in [1.165, 1.54) is 11.1 Å². The highest BCUT2D eigenvalue weighted by molar-refractivity contribution is 9.10. The second-order valence-electron chi connectivity index (χ2n) is 7.33. The Hall–Kier alpha value is -2.14. The Morgan fingerprint density at radius 3 is 2.52 bits per heavy atom. The fraction of sp³-hybridized carbons (Fsp3) is 0.364. The fourth-order valence-electron chi connectivity index (χ4n) is 3.56. The van der Waals surface area contributed by atoms with E-state index in [2.05, 4.69) is 38.7 Å². The Balaban J connectivity index is 1.73. The predicted molar refractivity (Wildman–Crippen MR) is 110 cm³/mol. The molecule has 27 heavy (non-hydrogen) atoms. The first-order valence-electron chi connectivity index (χ1n) is 9.41. The van der Waals surface area contributed by atoms with Crippen LogP contribution in [0.1, 0.15) is 54.2 Å². The van der Waals surface area contributed by atoms with Crippen LogP contribution in [0.4, 0.5) is 0 Å². The molecule has 3 rings (SSSR count). The third kappa shape index (κ3) is 4.59.